The molecule has 0 aromatic heterocycles. The molecule has 0 bridgehead atoms. The molecule has 4 nitrogen and oxygen atoms in total. The van der Waals surface area contributed by atoms with Gasteiger partial charge in [-0.2, -0.15) is 0 Å². The zero-order chi connectivity index (χ0) is 16.3. The molecule has 1 unspecified atom stereocenters. The van der Waals surface area contributed by atoms with E-state index in [4.69, 9.17) is 9.47 Å². The molecule has 2 aliphatic rings. The molecule has 23 heavy (non-hydrogen) atoms. The molecule has 4 heteroatoms. The molecule has 1 aromatic rings. The summed E-state index contributed by atoms with van der Waals surface area (Å²) in [7, 11) is 1.66. The predicted octanol–water partition coefficient (Wildman–Crippen LogP) is 2.52. The monoisotopic (exact) mass is 319 g/mol. The zero-order valence-electron chi connectivity index (χ0n) is 14.4. The zero-order valence-corrected chi connectivity index (χ0v) is 14.4. The van der Waals surface area contributed by atoms with Gasteiger partial charge in [-0.3, -0.25) is 4.90 Å². The van der Waals surface area contributed by atoms with Gasteiger partial charge >= 0.3 is 0 Å². The van der Waals surface area contributed by atoms with Crippen molar-refractivity contribution in [3.05, 3.63) is 35.4 Å². The van der Waals surface area contributed by atoms with Gasteiger partial charge in [-0.25, -0.2) is 0 Å². The summed E-state index contributed by atoms with van der Waals surface area (Å²) in [6, 6.07) is 8.73. The number of benzene rings is 1. The van der Waals surface area contributed by atoms with Crippen LogP contribution in [-0.4, -0.2) is 54.6 Å². The van der Waals surface area contributed by atoms with Crippen LogP contribution in [0, 0.1) is 6.92 Å². The smallest absolute Gasteiger partial charge is 0.0929 e. The van der Waals surface area contributed by atoms with E-state index in [1.54, 1.807) is 7.11 Å². The van der Waals surface area contributed by atoms with Gasteiger partial charge in [-0.1, -0.05) is 29.8 Å². The number of aryl methyl sites for hydroxylation is 1. The summed E-state index contributed by atoms with van der Waals surface area (Å²) in [5.74, 6) is 0. The molecule has 0 saturated carbocycles. The summed E-state index contributed by atoms with van der Waals surface area (Å²) >= 11 is 0. The Balaban J connectivity index is 1.57. The standard InChI is InChI=1S/C19H29NO3/c1-16-4-3-5-17(12-16)13-20-9-6-19(7-10-20)14-18(21,15-22-2)8-11-23-19/h3-5,12,21H,6-11,13-15H2,1-2H3. The number of methoxy groups -OCH3 is 1. The average Bonchev–Trinajstić information content (AvgIpc) is 2.50. The number of hydrogen-bond donors (Lipinski definition) is 1. The van der Waals surface area contributed by atoms with Gasteiger partial charge in [0.2, 0.25) is 0 Å². The highest BCUT2D eigenvalue weighted by molar-refractivity contribution is 5.22. The third kappa shape index (κ3) is 4.13. The Morgan fingerprint density at radius 2 is 2.04 bits per heavy atom. The lowest BCUT2D eigenvalue weighted by atomic mass is 9.77. The fraction of sp³-hybridized carbons (Fsp3) is 0.684. The predicted molar refractivity (Wildman–Crippen MR) is 90.4 cm³/mol. The number of piperidine rings is 1. The lowest BCUT2D eigenvalue weighted by Gasteiger charge is -2.49. The second-order valence-electron chi connectivity index (χ2n) is 7.38. The van der Waals surface area contributed by atoms with Crippen LogP contribution in [0.3, 0.4) is 0 Å². The maximum absolute atomic E-state index is 10.7. The Bertz CT molecular complexity index is 521. The lowest BCUT2D eigenvalue weighted by molar-refractivity contribution is -0.191. The van der Waals surface area contributed by atoms with Crippen LogP contribution in [0.1, 0.15) is 36.8 Å². The van der Waals surface area contributed by atoms with Crippen molar-refractivity contribution in [1.82, 2.24) is 4.90 Å². The molecule has 1 spiro atoms. The maximum atomic E-state index is 10.7. The second-order valence-corrected chi connectivity index (χ2v) is 7.38. The molecular formula is C19H29NO3. The SMILES string of the molecule is COCC1(O)CCOC2(CCN(Cc3cccc(C)c3)CC2)C1. The molecule has 3 rings (SSSR count). The van der Waals surface area contributed by atoms with Crippen LogP contribution in [0.4, 0.5) is 0 Å². The molecule has 0 amide bonds. The van der Waals surface area contributed by atoms with Gasteiger partial charge in [0.15, 0.2) is 0 Å². The minimum atomic E-state index is -0.717. The molecule has 2 saturated heterocycles. The van der Waals surface area contributed by atoms with Crippen LogP contribution >= 0.6 is 0 Å². The minimum Gasteiger partial charge on any atom is -0.387 e. The first-order valence-corrected chi connectivity index (χ1v) is 8.66. The van der Waals surface area contributed by atoms with Gasteiger partial charge < -0.3 is 14.6 Å². The number of ether oxygens (including phenoxy) is 2. The summed E-state index contributed by atoms with van der Waals surface area (Å²) < 4.78 is 11.3. The summed E-state index contributed by atoms with van der Waals surface area (Å²) in [4.78, 5) is 2.49. The molecule has 2 heterocycles. The summed E-state index contributed by atoms with van der Waals surface area (Å²) in [6.45, 7) is 6.23. The Morgan fingerprint density at radius 3 is 2.74 bits per heavy atom. The molecular weight excluding hydrogens is 290 g/mol. The highest BCUT2D eigenvalue weighted by Gasteiger charge is 2.46. The number of aliphatic hydroxyl groups is 1. The second kappa shape index (κ2) is 6.89. The highest BCUT2D eigenvalue weighted by atomic mass is 16.5. The Labute approximate surface area is 139 Å². The number of hydrogen-bond acceptors (Lipinski definition) is 4. The van der Waals surface area contributed by atoms with Crippen molar-refractivity contribution in [3.63, 3.8) is 0 Å². The molecule has 128 valence electrons. The summed E-state index contributed by atoms with van der Waals surface area (Å²) in [5, 5.41) is 10.7. The van der Waals surface area contributed by atoms with Crippen LogP contribution in [0.2, 0.25) is 0 Å². The van der Waals surface area contributed by atoms with E-state index in [1.807, 2.05) is 0 Å². The van der Waals surface area contributed by atoms with E-state index in [0.29, 0.717) is 26.1 Å². The Morgan fingerprint density at radius 1 is 1.26 bits per heavy atom. The normalized spacial score (nSPS) is 28.1. The molecule has 1 aromatic carbocycles. The molecule has 0 aliphatic carbocycles. The first-order valence-electron chi connectivity index (χ1n) is 8.66. The summed E-state index contributed by atoms with van der Waals surface area (Å²) in [5.41, 5.74) is 1.82. The molecule has 1 atom stereocenters. The first-order chi connectivity index (χ1) is 11.0. The van der Waals surface area contributed by atoms with Crippen LogP contribution < -0.4 is 0 Å². The maximum Gasteiger partial charge on any atom is 0.0929 e. The third-order valence-corrected chi connectivity index (χ3v) is 5.30. The van der Waals surface area contributed by atoms with Gasteiger partial charge in [-0.15, -0.1) is 0 Å². The van der Waals surface area contributed by atoms with E-state index in [-0.39, 0.29) is 5.60 Å². The van der Waals surface area contributed by atoms with Crippen molar-refractivity contribution in [2.24, 2.45) is 0 Å². The summed E-state index contributed by atoms with van der Waals surface area (Å²) in [6.07, 6.45) is 3.36. The number of likely N-dealkylation sites (tertiary alicyclic amines) is 1. The highest BCUT2D eigenvalue weighted by Crippen LogP contribution is 2.39. The van der Waals surface area contributed by atoms with Crippen molar-refractivity contribution in [2.45, 2.75) is 50.4 Å². The van der Waals surface area contributed by atoms with Crippen molar-refractivity contribution >= 4 is 0 Å². The van der Waals surface area contributed by atoms with Crippen molar-refractivity contribution in [3.8, 4) is 0 Å². The minimum absolute atomic E-state index is 0.158. The number of rotatable bonds is 4. The van der Waals surface area contributed by atoms with E-state index >= 15 is 0 Å². The molecule has 0 radical (unpaired) electrons. The third-order valence-electron chi connectivity index (χ3n) is 5.30. The van der Waals surface area contributed by atoms with Gasteiger partial charge in [0.05, 0.1) is 24.4 Å². The first kappa shape index (κ1) is 16.9. The fourth-order valence-electron chi connectivity index (χ4n) is 4.10. The van der Waals surface area contributed by atoms with Crippen LogP contribution in [0.25, 0.3) is 0 Å². The lowest BCUT2D eigenvalue weighted by Crippen LogP contribution is -2.55. The van der Waals surface area contributed by atoms with E-state index in [1.165, 1.54) is 11.1 Å². The Kier molecular flexibility index (Phi) is 5.07. The van der Waals surface area contributed by atoms with Crippen molar-refractivity contribution in [1.29, 1.82) is 0 Å². The van der Waals surface area contributed by atoms with E-state index < -0.39 is 5.60 Å². The van der Waals surface area contributed by atoms with E-state index in [0.717, 1.165) is 32.5 Å². The van der Waals surface area contributed by atoms with Crippen LogP contribution in [0.5, 0.6) is 0 Å². The fourth-order valence-corrected chi connectivity index (χ4v) is 4.10. The average molecular weight is 319 g/mol. The van der Waals surface area contributed by atoms with Gasteiger partial charge in [0.25, 0.3) is 0 Å². The van der Waals surface area contributed by atoms with E-state index in [2.05, 4.69) is 36.1 Å². The van der Waals surface area contributed by atoms with E-state index in [9.17, 15) is 5.11 Å². The van der Waals surface area contributed by atoms with Gasteiger partial charge in [0, 0.05) is 39.6 Å². The molecule has 2 aliphatic heterocycles. The van der Waals surface area contributed by atoms with Crippen LogP contribution in [0.15, 0.2) is 24.3 Å². The van der Waals surface area contributed by atoms with Crippen LogP contribution in [-0.2, 0) is 16.0 Å². The van der Waals surface area contributed by atoms with Gasteiger partial charge in [-0.05, 0) is 25.3 Å². The topological polar surface area (TPSA) is 41.9 Å². The van der Waals surface area contributed by atoms with Crippen molar-refractivity contribution in [2.75, 3.05) is 33.4 Å². The number of nitrogens with zero attached hydrogens (tertiary/aromatic N) is 1. The largest absolute Gasteiger partial charge is 0.387 e. The molecule has 2 fully saturated rings. The Hall–Kier alpha value is -0.940. The molecule has 1 N–H and O–H groups in total. The van der Waals surface area contributed by atoms with Gasteiger partial charge in [0.1, 0.15) is 0 Å². The van der Waals surface area contributed by atoms with Crippen molar-refractivity contribution < 1.29 is 14.6 Å². The quantitative estimate of drug-likeness (QED) is 0.926.